The lowest BCUT2D eigenvalue weighted by molar-refractivity contribution is 0.613. The minimum atomic E-state index is 0.306. The summed E-state index contributed by atoms with van der Waals surface area (Å²) in [6, 6.07) is 15.5. The van der Waals surface area contributed by atoms with Crippen LogP contribution in [0.25, 0.3) is 44.8 Å². The summed E-state index contributed by atoms with van der Waals surface area (Å²) in [5, 5.41) is 6.97. The van der Waals surface area contributed by atoms with Crippen molar-refractivity contribution in [2.24, 2.45) is 0 Å². The first-order valence-corrected chi connectivity index (χ1v) is 12.7. The van der Waals surface area contributed by atoms with E-state index < -0.39 is 0 Å². The molecule has 2 fully saturated rings. The third kappa shape index (κ3) is 3.98. The van der Waals surface area contributed by atoms with Crippen molar-refractivity contribution in [1.82, 2.24) is 40.5 Å². The molecule has 4 N–H and O–H groups in total. The van der Waals surface area contributed by atoms with E-state index in [1.54, 1.807) is 0 Å². The average molecular weight is 477 g/mol. The summed E-state index contributed by atoms with van der Waals surface area (Å²) >= 11 is 0. The average Bonchev–Trinajstić information content (AvgIpc) is 3.75. The van der Waals surface area contributed by atoms with E-state index in [4.69, 9.17) is 9.97 Å². The van der Waals surface area contributed by atoms with Crippen LogP contribution in [0.3, 0.4) is 0 Å². The summed E-state index contributed by atoms with van der Waals surface area (Å²) in [6.07, 6.45) is 10.2. The van der Waals surface area contributed by atoms with Crippen LogP contribution in [0.5, 0.6) is 0 Å². The maximum Gasteiger partial charge on any atom is 0.123 e. The Morgan fingerprint density at radius 2 is 1.25 bits per heavy atom. The van der Waals surface area contributed by atoms with Gasteiger partial charge in [-0.2, -0.15) is 0 Å². The molecule has 2 aliphatic heterocycles. The van der Waals surface area contributed by atoms with E-state index in [1.807, 2.05) is 24.7 Å². The zero-order valence-corrected chi connectivity index (χ0v) is 20.0. The van der Waals surface area contributed by atoms with Crippen molar-refractivity contribution >= 4 is 11.0 Å². The van der Waals surface area contributed by atoms with Crippen LogP contribution in [-0.4, -0.2) is 43.0 Å². The summed E-state index contributed by atoms with van der Waals surface area (Å²) in [4.78, 5) is 25.6. The molecule has 0 spiro atoms. The molecule has 3 aromatic heterocycles. The molecular formula is C28H28N8. The van der Waals surface area contributed by atoms with E-state index in [-0.39, 0.29) is 0 Å². The van der Waals surface area contributed by atoms with E-state index in [2.05, 4.69) is 67.0 Å². The van der Waals surface area contributed by atoms with Gasteiger partial charge in [0.15, 0.2) is 0 Å². The van der Waals surface area contributed by atoms with Gasteiger partial charge < -0.3 is 20.6 Å². The SMILES string of the molecule is c1cc(-c2cnc(C3CCCN3)[nH]2)ccc1-c1ccc2nc(-c3cnc(C4CCCN4)[nH]3)cnc2c1. The third-order valence-corrected chi connectivity index (χ3v) is 7.32. The van der Waals surface area contributed by atoms with Crippen molar-refractivity contribution in [2.45, 2.75) is 37.8 Å². The van der Waals surface area contributed by atoms with Crippen molar-refractivity contribution in [2.75, 3.05) is 13.1 Å². The fourth-order valence-corrected chi connectivity index (χ4v) is 5.30. The monoisotopic (exact) mass is 476 g/mol. The maximum atomic E-state index is 4.84. The van der Waals surface area contributed by atoms with Crippen LogP contribution in [0.1, 0.15) is 49.4 Å². The van der Waals surface area contributed by atoms with Gasteiger partial charge in [-0.1, -0.05) is 30.3 Å². The molecule has 0 bridgehead atoms. The molecule has 2 saturated heterocycles. The molecule has 0 radical (unpaired) electrons. The quantitative estimate of drug-likeness (QED) is 0.287. The summed E-state index contributed by atoms with van der Waals surface area (Å²) in [5.41, 5.74) is 7.90. The van der Waals surface area contributed by atoms with Crippen molar-refractivity contribution < 1.29 is 0 Å². The van der Waals surface area contributed by atoms with E-state index >= 15 is 0 Å². The van der Waals surface area contributed by atoms with Crippen molar-refractivity contribution in [3.63, 3.8) is 0 Å². The van der Waals surface area contributed by atoms with Gasteiger partial charge in [0.25, 0.3) is 0 Å². The van der Waals surface area contributed by atoms with Gasteiger partial charge in [-0.05, 0) is 67.6 Å². The summed E-state index contributed by atoms with van der Waals surface area (Å²) in [6.45, 7) is 2.11. The number of nitrogens with zero attached hydrogens (tertiary/aromatic N) is 4. The van der Waals surface area contributed by atoms with Crippen LogP contribution in [-0.2, 0) is 0 Å². The zero-order chi connectivity index (χ0) is 23.9. The highest BCUT2D eigenvalue weighted by atomic mass is 15.0. The fraction of sp³-hybridized carbons (Fsp3) is 0.286. The molecule has 2 unspecified atom stereocenters. The predicted molar refractivity (Wildman–Crippen MR) is 140 cm³/mol. The number of fused-ring (bicyclic) bond motifs is 1. The lowest BCUT2D eigenvalue weighted by Gasteiger charge is -2.07. The summed E-state index contributed by atoms with van der Waals surface area (Å²) in [7, 11) is 0. The molecule has 5 aromatic rings. The Balaban J connectivity index is 1.11. The van der Waals surface area contributed by atoms with Crippen LogP contribution in [0.2, 0.25) is 0 Å². The standard InChI is InChI=1S/C28H28N8/c1-3-21(29-11-1)27-32-14-24(35-27)18-7-5-17(6-8-18)19-9-10-20-23(13-19)31-15-25(34-20)26-16-33-28(36-26)22-4-2-12-30-22/h5-10,13-16,21-22,29-30H,1-4,11-12H2,(H,32,35)(H,33,36). The van der Waals surface area contributed by atoms with E-state index in [0.717, 1.165) is 82.4 Å². The number of benzene rings is 2. The minimum Gasteiger partial charge on any atom is -0.341 e. The Labute approximate surface area is 209 Å². The Hall–Kier alpha value is -3.88. The van der Waals surface area contributed by atoms with Gasteiger partial charge in [-0.3, -0.25) is 4.98 Å². The largest absolute Gasteiger partial charge is 0.341 e. The van der Waals surface area contributed by atoms with Gasteiger partial charge in [0.1, 0.15) is 17.3 Å². The van der Waals surface area contributed by atoms with Crippen LogP contribution < -0.4 is 10.6 Å². The smallest absolute Gasteiger partial charge is 0.123 e. The Morgan fingerprint density at radius 3 is 1.94 bits per heavy atom. The molecule has 8 heteroatoms. The predicted octanol–water partition coefficient (Wildman–Crippen LogP) is 4.93. The van der Waals surface area contributed by atoms with E-state index in [1.165, 1.54) is 12.8 Å². The second kappa shape index (κ2) is 8.96. The number of aromatic nitrogens is 6. The molecule has 36 heavy (non-hydrogen) atoms. The molecule has 0 aliphatic carbocycles. The Morgan fingerprint density at radius 1 is 0.611 bits per heavy atom. The first kappa shape index (κ1) is 21.4. The molecule has 0 saturated carbocycles. The molecule has 7 rings (SSSR count). The van der Waals surface area contributed by atoms with Gasteiger partial charge in [-0.25, -0.2) is 15.0 Å². The Bertz CT molecular complexity index is 1500. The van der Waals surface area contributed by atoms with Gasteiger partial charge in [-0.15, -0.1) is 0 Å². The molecule has 5 heterocycles. The highest BCUT2D eigenvalue weighted by Gasteiger charge is 2.20. The number of imidazole rings is 2. The fourth-order valence-electron chi connectivity index (χ4n) is 5.30. The second-order valence-electron chi connectivity index (χ2n) is 9.70. The summed E-state index contributed by atoms with van der Waals surface area (Å²) in [5.74, 6) is 2.00. The first-order chi connectivity index (χ1) is 17.8. The second-order valence-corrected chi connectivity index (χ2v) is 9.70. The molecule has 2 aromatic carbocycles. The highest BCUT2D eigenvalue weighted by molar-refractivity contribution is 5.83. The lowest BCUT2D eigenvalue weighted by atomic mass is 10.0. The normalized spacial score (nSPS) is 19.9. The highest BCUT2D eigenvalue weighted by Crippen LogP contribution is 2.29. The minimum absolute atomic E-state index is 0.306. The zero-order valence-electron chi connectivity index (χ0n) is 20.0. The van der Waals surface area contributed by atoms with Gasteiger partial charge >= 0.3 is 0 Å². The van der Waals surface area contributed by atoms with Crippen LogP contribution in [0.15, 0.2) is 61.1 Å². The topological polar surface area (TPSA) is 107 Å². The number of H-pyrrole nitrogens is 2. The van der Waals surface area contributed by atoms with Gasteiger partial charge in [0.2, 0.25) is 0 Å². The third-order valence-electron chi connectivity index (χ3n) is 7.32. The van der Waals surface area contributed by atoms with E-state index in [9.17, 15) is 0 Å². The molecule has 0 amide bonds. The van der Waals surface area contributed by atoms with Crippen molar-refractivity contribution in [3.05, 3.63) is 72.7 Å². The molecular weight excluding hydrogens is 448 g/mol. The van der Waals surface area contributed by atoms with Gasteiger partial charge in [0, 0.05) is 0 Å². The van der Waals surface area contributed by atoms with Crippen molar-refractivity contribution in [1.29, 1.82) is 0 Å². The molecule has 2 atom stereocenters. The van der Waals surface area contributed by atoms with Crippen LogP contribution in [0, 0.1) is 0 Å². The number of hydrogen-bond donors (Lipinski definition) is 4. The number of hydrogen-bond acceptors (Lipinski definition) is 6. The molecule has 8 nitrogen and oxygen atoms in total. The number of aromatic amines is 2. The van der Waals surface area contributed by atoms with Crippen LogP contribution in [0.4, 0.5) is 0 Å². The van der Waals surface area contributed by atoms with Crippen molar-refractivity contribution in [3.8, 4) is 33.8 Å². The van der Waals surface area contributed by atoms with Crippen LogP contribution >= 0.6 is 0 Å². The van der Waals surface area contributed by atoms with Gasteiger partial charge in [0.05, 0.1) is 53.1 Å². The molecule has 180 valence electrons. The Kier molecular flexibility index (Phi) is 5.33. The first-order valence-electron chi connectivity index (χ1n) is 12.7. The lowest BCUT2D eigenvalue weighted by Crippen LogP contribution is -2.14. The number of rotatable bonds is 5. The molecule has 2 aliphatic rings. The maximum absolute atomic E-state index is 4.84. The number of nitrogens with one attached hydrogen (secondary N) is 4. The van der Waals surface area contributed by atoms with E-state index in [0.29, 0.717) is 12.1 Å². The summed E-state index contributed by atoms with van der Waals surface area (Å²) < 4.78 is 0.